The lowest BCUT2D eigenvalue weighted by Crippen LogP contribution is -2.44. The molecule has 0 aromatic heterocycles. The van der Waals surface area contributed by atoms with Gasteiger partial charge in [0, 0.05) is 0 Å². The predicted molar refractivity (Wildman–Crippen MR) is 118 cm³/mol. The van der Waals surface area contributed by atoms with E-state index in [9.17, 15) is 48.6 Å². The third-order valence-corrected chi connectivity index (χ3v) is 10.3. The molecule has 0 radical (unpaired) electrons. The summed E-state index contributed by atoms with van der Waals surface area (Å²) in [5.74, 6) is -16.6. The molecule has 6 fully saturated rings. The minimum atomic E-state index is -1.27. The van der Waals surface area contributed by atoms with Crippen LogP contribution >= 0.6 is 0 Å². The minimum Gasteiger partial charge on any atom is -0.481 e. The molecular weight excluding hydrogens is 520 g/mol. The highest BCUT2D eigenvalue weighted by Crippen LogP contribution is 2.60. The Morgan fingerprint density at radius 2 is 0.949 bits per heavy atom. The van der Waals surface area contributed by atoms with Gasteiger partial charge in [0.25, 0.3) is 0 Å². The van der Waals surface area contributed by atoms with Crippen molar-refractivity contribution in [1.29, 1.82) is 0 Å². The van der Waals surface area contributed by atoms with E-state index in [0.29, 0.717) is 25.7 Å². The number of esters is 6. The highest BCUT2D eigenvalue weighted by Gasteiger charge is 2.64. The molecule has 2 saturated heterocycles. The van der Waals surface area contributed by atoms with Crippen LogP contribution in [0.25, 0.3) is 0 Å². The SMILES string of the molecule is O=C1CC(C2CC3CC2C(C(=O)O)C3C(=O)OC(=O)C2C3CC(C4CC(=O)OC4=O)C(C3)C2C(=O)O)C(=O)O1. The first-order valence-electron chi connectivity index (χ1n) is 13.2. The summed E-state index contributed by atoms with van der Waals surface area (Å²) in [5.41, 5.74) is 0. The number of ether oxygens (including phenoxy) is 3. The number of cyclic esters (lactones) is 4. The molecular formula is C26H26O13. The third-order valence-electron chi connectivity index (χ3n) is 10.3. The van der Waals surface area contributed by atoms with Gasteiger partial charge >= 0.3 is 47.8 Å². The van der Waals surface area contributed by atoms with Crippen molar-refractivity contribution < 1.29 is 62.8 Å². The Kier molecular flexibility index (Phi) is 5.88. The maximum absolute atomic E-state index is 13.2. The van der Waals surface area contributed by atoms with Crippen molar-refractivity contribution >= 4 is 47.8 Å². The number of carbonyl (C=O) groups is 8. The van der Waals surface area contributed by atoms with Crippen LogP contribution in [0.3, 0.4) is 0 Å². The number of hydrogen-bond donors (Lipinski definition) is 2. The molecule has 2 aliphatic heterocycles. The second kappa shape index (κ2) is 8.95. The first kappa shape index (κ1) is 25.6. The Morgan fingerprint density at radius 1 is 0.590 bits per heavy atom. The average Bonchev–Trinajstić information content (AvgIpc) is 3.67. The fourth-order valence-electron chi connectivity index (χ4n) is 8.97. The van der Waals surface area contributed by atoms with Crippen LogP contribution in [-0.2, 0) is 52.6 Å². The molecule has 13 heteroatoms. The third kappa shape index (κ3) is 3.88. The summed E-state index contributed by atoms with van der Waals surface area (Å²) in [5, 5.41) is 19.9. The summed E-state index contributed by atoms with van der Waals surface area (Å²) >= 11 is 0. The molecule has 2 heterocycles. The summed E-state index contributed by atoms with van der Waals surface area (Å²) in [7, 11) is 0. The van der Waals surface area contributed by atoms with Crippen molar-refractivity contribution in [2.45, 2.75) is 38.5 Å². The van der Waals surface area contributed by atoms with Crippen LogP contribution in [0.2, 0.25) is 0 Å². The fourth-order valence-corrected chi connectivity index (χ4v) is 8.97. The quantitative estimate of drug-likeness (QED) is 0.259. The van der Waals surface area contributed by atoms with Gasteiger partial charge in [-0.1, -0.05) is 0 Å². The molecule has 0 aromatic carbocycles. The van der Waals surface area contributed by atoms with Crippen LogP contribution in [0.4, 0.5) is 0 Å². The molecule has 39 heavy (non-hydrogen) atoms. The second-order valence-corrected chi connectivity index (χ2v) is 11.8. The van der Waals surface area contributed by atoms with Crippen LogP contribution < -0.4 is 0 Å². The first-order chi connectivity index (χ1) is 18.5. The van der Waals surface area contributed by atoms with E-state index in [-0.39, 0.29) is 12.8 Å². The van der Waals surface area contributed by atoms with Gasteiger partial charge in [-0.25, -0.2) is 0 Å². The van der Waals surface area contributed by atoms with Crippen molar-refractivity contribution in [3.8, 4) is 0 Å². The van der Waals surface area contributed by atoms with E-state index in [4.69, 9.17) is 4.74 Å². The highest BCUT2D eigenvalue weighted by molar-refractivity contribution is 5.96. The molecule has 6 aliphatic rings. The lowest BCUT2D eigenvalue weighted by Gasteiger charge is -2.35. The molecule has 0 spiro atoms. The van der Waals surface area contributed by atoms with E-state index >= 15 is 0 Å². The molecule has 6 rings (SSSR count). The molecule has 4 saturated carbocycles. The number of carbonyl (C=O) groups excluding carboxylic acids is 6. The molecule has 4 aliphatic carbocycles. The second-order valence-electron chi connectivity index (χ2n) is 11.8. The van der Waals surface area contributed by atoms with Crippen molar-refractivity contribution in [1.82, 2.24) is 0 Å². The van der Waals surface area contributed by atoms with E-state index < -0.39 is 119 Å². The van der Waals surface area contributed by atoms with Gasteiger partial charge in [-0.05, 0) is 61.2 Å². The maximum atomic E-state index is 13.2. The smallest absolute Gasteiger partial charge is 0.317 e. The standard InChI is InChI=1S/C26H26O13/c27-15-5-13(23(33)37-15)9-1-7-3-11(9)19(21(29)30)17(7)25(35)39-26(36)18-8-2-10(12(4-8)20(18)22(31)32)14-6-16(28)38-24(14)34/h7-14,17-20H,1-6H2,(H,29,30)(H,31,32). The number of carboxylic acids is 2. The Labute approximate surface area is 220 Å². The summed E-state index contributed by atoms with van der Waals surface area (Å²) in [6.07, 6.45) is 0.968. The lowest BCUT2D eigenvalue weighted by atomic mass is 9.68. The van der Waals surface area contributed by atoms with Crippen molar-refractivity contribution in [3.05, 3.63) is 0 Å². The van der Waals surface area contributed by atoms with E-state index in [1.807, 2.05) is 0 Å². The van der Waals surface area contributed by atoms with Gasteiger partial charge in [0.2, 0.25) is 0 Å². The Bertz CT molecular complexity index is 1130. The van der Waals surface area contributed by atoms with Crippen molar-refractivity contribution in [2.24, 2.45) is 71.0 Å². The summed E-state index contributed by atoms with van der Waals surface area (Å²) in [4.78, 5) is 98.1. The molecule has 12 atom stereocenters. The van der Waals surface area contributed by atoms with Gasteiger partial charge in [0.15, 0.2) is 0 Å². The molecule has 2 N–H and O–H groups in total. The number of hydrogen-bond acceptors (Lipinski definition) is 11. The zero-order valence-electron chi connectivity index (χ0n) is 20.6. The summed E-state index contributed by atoms with van der Waals surface area (Å²) in [6.45, 7) is 0. The molecule has 208 valence electrons. The normalized spacial score (nSPS) is 44.0. The van der Waals surface area contributed by atoms with Crippen LogP contribution in [0.1, 0.15) is 38.5 Å². The van der Waals surface area contributed by atoms with Crippen LogP contribution in [0.5, 0.6) is 0 Å². The van der Waals surface area contributed by atoms with Crippen LogP contribution in [0.15, 0.2) is 0 Å². The summed E-state index contributed by atoms with van der Waals surface area (Å²) < 4.78 is 14.4. The average molecular weight is 546 g/mol. The molecule has 0 amide bonds. The lowest BCUT2D eigenvalue weighted by molar-refractivity contribution is -0.176. The van der Waals surface area contributed by atoms with Gasteiger partial charge in [0.05, 0.1) is 48.3 Å². The fraction of sp³-hybridized carbons (Fsp3) is 0.692. The van der Waals surface area contributed by atoms with E-state index in [2.05, 4.69) is 9.47 Å². The Hall–Kier alpha value is -3.64. The number of carboxylic acid groups (broad SMARTS) is 2. The number of fused-ring (bicyclic) bond motifs is 4. The minimum absolute atomic E-state index is 0.138. The molecule has 12 unspecified atom stereocenters. The maximum Gasteiger partial charge on any atom is 0.317 e. The molecule has 0 aromatic rings. The largest absolute Gasteiger partial charge is 0.481 e. The van der Waals surface area contributed by atoms with Crippen LogP contribution in [0, 0.1) is 71.0 Å². The van der Waals surface area contributed by atoms with E-state index in [1.165, 1.54) is 0 Å². The van der Waals surface area contributed by atoms with E-state index in [0.717, 1.165) is 0 Å². The zero-order chi connectivity index (χ0) is 27.9. The predicted octanol–water partition coefficient (Wildman–Crippen LogP) is 0.182. The Balaban J connectivity index is 1.16. The van der Waals surface area contributed by atoms with Gasteiger partial charge in [-0.2, -0.15) is 0 Å². The number of aliphatic carboxylic acids is 2. The number of rotatable bonds is 6. The van der Waals surface area contributed by atoms with Gasteiger partial charge < -0.3 is 24.4 Å². The van der Waals surface area contributed by atoms with Gasteiger partial charge in [-0.15, -0.1) is 0 Å². The highest BCUT2D eigenvalue weighted by atomic mass is 16.6. The van der Waals surface area contributed by atoms with Gasteiger partial charge in [-0.3, -0.25) is 38.4 Å². The topological polar surface area (TPSA) is 205 Å². The Morgan fingerprint density at radius 3 is 1.26 bits per heavy atom. The zero-order valence-corrected chi connectivity index (χ0v) is 20.6. The van der Waals surface area contributed by atoms with Crippen molar-refractivity contribution in [3.63, 3.8) is 0 Å². The molecule has 4 bridgehead atoms. The van der Waals surface area contributed by atoms with Crippen molar-refractivity contribution in [2.75, 3.05) is 0 Å². The van der Waals surface area contributed by atoms with Gasteiger partial charge in [0.1, 0.15) is 0 Å². The monoisotopic (exact) mass is 546 g/mol. The molecule has 13 nitrogen and oxygen atoms in total. The summed E-state index contributed by atoms with van der Waals surface area (Å²) in [6, 6.07) is 0. The van der Waals surface area contributed by atoms with E-state index in [1.54, 1.807) is 0 Å². The van der Waals surface area contributed by atoms with Crippen LogP contribution in [-0.4, -0.2) is 58.0 Å². The first-order valence-corrected chi connectivity index (χ1v) is 13.2.